The number of hydrogen-bond acceptors (Lipinski definition) is 4. The zero-order valence-electron chi connectivity index (χ0n) is 9.33. The van der Waals surface area contributed by atoms with Crippen LogP contribution in [0.3, 0.4) is 0 Å². The molecule has 0 bridgehead atoms. The minimum atomic E-state index is -0.770. The van der Waals surface area contributed by atoms with Gasteiger partial charge in [0.1, 0.15) is 6.26 Å². The van der Waals surface area contributed by atoms with Crippen molar-refractivity contribution in [3.63, 3.8) is 0 Å². The molecule has 6 nitrogen and oxygen atoms in total. The van der Waals surface area contributed by atoms with Gasteiger partial charge in [0.2, 0.25) is 5.91 Å². The molecule has 0 unspecified atom stereocenters. The number of aliphatic carboxylic acids is 1. The fourth-order valence-electron chi connectivity index (χ4n) is 1.97. The van der Waals surface area contributed by atoms with Crippen LogP contribution in [0.25, 0.3) is 0 Å². The van der Waals surface area contributed by atoms with Crippen molar-refractivity contribution < 1.29 is 19.1 Å². The number of nitrogens with zero attached hydrogens (tertiary/aromatic N) is 2. The molecule has 1 N–H and O–H groups in total. The number of carboxylic acids is 1. The first-order chi connectivity index (χ1) is 8.16. The van der Waals surface area contributed by atoms with E-state index in [4.69, 9.17) is 9.52 Å². The van der Waals surface area contributed by atoms with Crippen LogP contribution in [0.4, 0.5) is 0 Å². The van der Waals surface area contributed by atoms with E-state index in [-0.39, 0.29) is 18.2 Å². The van der Waals surface area contributed by atoms with Gasteiger partial charge in [0.25, 0.3) is 0 Å². The first-order valence-electron chi connectivity index (χ1n) is 5.54. The van der Waals surface area contributed by atoms with E-state index in [1.165, 1.54) is 12.7 Å². The van der Waals surface area contributed by atoms with Crippen LogP contribution in [0, 0.1) is 5.92 Å². The van der Waals surface area contributed by atoms with Crippen molar-refractivity contribution in [3.05, 3.63) is 18.4 Å². The summed E-state index contributed by atoms with van der Waals surface area (Å²) >= 11 is 0. The SMILES string of the molecule is O=C(O)C1CCN(C(=O)Cc2cocn2)CC1. The molecule has 0 spiro atoms. The predicted octanol–water partition coefficient (Wildman–Crippen LogP) is 0.540. The number of amides is 1. The lowest BCUT2D eigenvalue weighted by Crippen LogP contribution is -2.41. The zero-order chi connectivity index (χ0) is 12.3. The molecule has 2 rings (SSSR count). The highest BCUT2D eigenvalue weighted by Gasteiger charge is 2.27. The Balaban J connectivity index is 1.84. The molecule has 1 fully saturated rings. The number of hydrogen-bond donors (Lipinski definition) is 1. The lowest BCUT2D eigenvalue weighted by atomic mass is 9.97. The van der Waals surface area contributed by atoms with Crippen LogP contribution in [0.15, 0.2) is 17.1 Å². The third kappa shape index (κ3) is 2.83. The molecule has 17 heavy (non-hydrogen) atoms. The fraction of sp³-hybridized carbons (Fsp3) is 0.545. The Kier molecular flexibility index (Phi) is 3.41. The molecule has 1 saturated heterocycles. The van der Waals surface area contributed by atoms with E-state index in [0.717, 1.165) is 0 Å². The van der Waals surface area contributed by atoms with Gasteiger partial charge in [0, 0.05) is 13.1 Å². The number of carboxylic acid groups (broad SMARTS) is 1. The van der Waals surface area contributed by atoms with Gasteiger partial charge < -0.3 is 14.4 Å². The molecule has 6 heteroatoms. The van der Waals surface area contributed by atoms with Gasteiger partial charge in [-0.3, -0.25) is 9.59 Å². The van der Waals surface area contributed by atoms with Gasteiger partial charge in [-0.05, 0) is 12.8 Å². The van der Waals surface area contributed by atoms with E-state index >= 15 is 0 Å². The Hall–Kier alpha value is -1.85. The fourth-order valence-corrected chi connectivity index (χ4v) is 1.97. The van der Waals surface area contributed by atoms with Crippen molar-refractivity contribution in [2.45, 2.75) is 19.3 Å². The van der Waals surface area contributed by atoms with Crippen molar-refractivity contribution in [2.75, 3.05) is 13.1 Å². The highest BCUT2D eigenvalue weighted by molar-refractivity contribution is 5.78. The maximum absolute atomic E-state index is 11.8. The summed E-state index contributed by atoms with van der Waals surface area (Å²) < 4.78 is 4.79. The van der Waals surface area contributed by atoms with Gasteiger partial charge in [0.15, 0.2) is 6.39 Å². The quantitative estimate of drug-likeness (QED) is 0.830. The number of rotatable bonds is 3. The molecule has 92 valence electrons. The summed E-state index contributed by atoms with van der Waals surface area (Å²) in [7, 11) is 0. The minimum absolute atomic E-state index is 0.0252. The van der Waals surface area contributed by atoms with Crippen molar-refractivity contribution >= 4 is 11.9 Å². The number of carbonyl (C=O) groups is 2. The van der Waals surface area contributed by atoms with E-state index in [1.807, 2.05) is 0 Å². The van der Waals surface area contributed by atoms with E-state index in [1.54, 1.807) is 4.90 Å². The van der Waals surface area contributed by atoms with Gasteiger partial charge in [-0.1, -0.05) is 0 Å². The number of oxazole rings is 1. The lowest BCUT2D eigenvalue weighted by molar-refractivity contribution is -0.145. The highest BCUT2D eigenvalue weighted by Crippen LogP contribution is 2.17. The van der Waals surface area contributed by atoms with Gasteiger partial charge in [-0.2, -0.15) is 0 Å². The number of carbonyl (C=O) groups excluding carboxylic acids is 1. The summed E-state index contributed by atoms with van der Waals surface area (Å²) in [5, 5.41) is 8.84. The Morgan fingerprint density at radius 3 is 2.71 bits per heavy atom. The van der Waals surface area contributed by atoms with Crippen LogP contribution in [0.2, 0.25) is 0 Å². The van der Waals surface area contributed by atoms with Crippen molar-refractivity contribution in [1.82, 2.24) is 9.88 Å². The second kappa shape index (κ2) is 4.99. The first kappa shape index (κ1) is 11.6. The Morgan fingerprint density at radius 2 is 2.18 bits per heavy atom. The molecule has 1 aliphatic heterocycles. The van der Waals surface area contributed by atoms with E-state index < -0.39 is 5.97 Å². The van der Waals surface area contributed by atoms with E-state index in [0.29, 0.717) is 31.6 Å². The largest absolute Gasteiger partial charge is 0.481 e. The summed E-state index contributed by atoms with van der Waals surface area (Å²) in [6, 6.07) is 0. The lowest BCUT2D eigenvalue weighted by Gasteiger charge is -2.29. The summed E-state index contributed by atoms with van der Waals surface area (Å²) in [4.78, 5) is 28.2. The smallest absolute Gasteiger partial charge is 0.306 e. The standard InChI is InChI=1S/C11H14N2O4/c14-10(5-9-6-17-7-12-9)13-3-1-8(2-4-13)11(15)16/h6-8H,1-5H2,(H,15,16). The molecule has 1 aromatic heterocycles. The molecule has 1 amide bonds. The minimum Gasteiger partial charge on any atom is -0.481 e. The number of aromatic nitrogens is 1. The second-order valence-electron chi connectivity index (χ2n) is 4.15. The first-order valence-corrected chi connectivity index (χ1v) is 5.54. The van der Waals surface area contributed by atoms with Gasteiger partial charge in [-0.15, -0.1) is 0 Å². The maximum atomic E-state index is 11.8. The molecule has 0 saturated carbocycles. The Labute approximate surface area is 98.2 Å². The van der Waals surface area contributed by atoms with Crippen LogP contribution in [-0.4, -0.2) is 40.0 Å². The summed E-state index contributed by atoms with van der Waals surface area (Å²) in [5.74, 6) is -1.11. The number of piperidine rings is 1. The molecule has 0 aromatic carbocycles. The third-order valence-corrected chi connectivity index (χ3v) is 3.01. The van der Waals surface area contributed by atoms with Gasteiger partial charge >= 0.3 is 5.97 Å². The molecular weight excluding hydrogens is 224 g/mol. The summed E-state index contributed by atoms with van der Waals surface area (Å²) in [6.07, 6.45) is 4.01. The van der Waals surface area contributed by atoms with Crippen LogP contribution in [-0.2, 0) is 16.0 Å². The molecule has 0 aliphatic carbocycles. The molecular formula is C11H14N2O4. The van der Waals surface area contributed by atoms with Crippen molar-refractivity contribution in [2.24, 2.45) is 5.92 Å². The van der Waals surface area contributed by atoms with E-state index in [9.17, 15) is 9.59 Å². The Morgan fingerprint density at radius 1 is 1.47 bits per heavy atom. The average molecular weight is 238 g/mol. The summed E-state index contributed by atoms with van der Waals surface area (Å²) in [5.41, 5.74) is 0.607. The molecule has 1 aromatic rings. The van der Waals surface area contributed by atoms with Crippen LogP contribution in [0.1, 0.15) is 18.5 Å². The van der Waals surface area contributed by atoms with E-state index in [2.05, 4.69) is 4.98 Å². The molecule has 0 atom stereocenters. The topological polar surface area (TPSA) is 83.6 Å². The Bertz CT molecular complexity index is 394. The van der Waals surface area contributed by atoms with Gasteiger partial charge in [0.05, 0.1) is 18.0 Å². The van der Waals surface area contributed by atoms with Crippen LogP contribution in [0.5, 0.6) is 0 Å². The molecule has 0 radical (unpaired) electrons. The van der Waals surface area contributed by atoms with Crippen LogP contribution >= 0.6 is 0 Å². The number of likely N-dealkylation sites (tertiary alicyclic amines) is 1. The predicted molar refractivity (Wildman–Crippen MR) is 57.1 cm³/mol. The highest BCUT2D eigenvalue weighted by atomic mass is 16.4. The van der Waals surface area contributed by atoms with Crippen molar-refractivity contribution in [1.29, 1.82) is 0 Å². The van der Waals surface area contributed by atoms with Crippen molar-refractivity contribution in [3.8, 4) is 0 Å². The maximum Gasteiger partial charge on any atom is 0.306 e. The average Bonchev–Trinajstić information content (AvgIpc) is 2.82. The van der Waals surface area contributed by atoms with Crippen LogP contribution < -0.4 is 0 Å². The molecule has 1 aliphatic rings. The zero-order valence-corrected chi connectivity index (χ0v) is 9.33. The normalized spacial score (nSPS) is 17.1. The summed E-state index contributed by atoms with van der Waals surface area (Å²) in [6.45, 7) is 1.02. The monoisotopic (exact) mass is 238 g/mol. The third-order valence-electron chi connectivity index (χ3n) is 3.01. The molecule has 2 heterocycles. The van der Waals surface area contributed by atoms with Gasteiger partial charge in [-0.25, -0.2) is 4.98 Å². The second-order valence-corrected chi connectivity index (χ2v) is 4.15.